The lowest BCUT2D eigenvalue weighted by Gasteiger charge is -2.32. The van der Waals surface area contributed by atoms with Crippen LogP contribution in [0.25, 0.3) is 164 Å². The molecule has 18 aromatic rings. The zero-order chi connectivity index (χ0) is 78.2. The van der Waals surface area contributed by atoms with E-state index in [4.69, 9.17) is 33.5 Å². The van der Waals surface area contributed by atoms with E-state index in [1.54, 1.807) is 0 Å². The number of hydrogen-bond acceptors (Lipinski definition) is 6. The molecule has 14 aromatic carbocycles. The summed E-state index contributed by atoms with van der Waals surface area (Å²) in [4.78, 5) is 17.1. The molecule has 6 nitrogen and oxygen atoms in total. The van der Waals surface area contributed by atoms with Gasteiger partial charge >= 0.3 is 7.12 Å². The van der Waals surface area contributed by atoms with Crippen molar-refractivity contribution in [2.45, 2.75) is 38.9 Å². The first-order chi connectivity index (χ1) is 53.9. The zero-order valence-corrected chi connectivity index (χ0v) is 55.1. The Morgan fingerprint density at radius 1 is 0.316 bits per heavy atom. The predicted octanol–water partition coefficient (Wildman–Crippen LogP) is 23.6. The van der Waals surface area contributed by atoms with Crippen molar-refractivity contribution < 1.29 is 28.5 Å². The minimum absolute atomic E-state index is 0.00382. The number of rotatable bonds is 6. The fourth-order valence-electron chi connectivity index (χ4n) is 13.8. The lowest BCUT2D eigenvalue weighted by molar-refractivity contribution is 0.00578. The van der Waals surface area contributed by atoms with Crippen LogP contribution in [0.15, 0.2) is 320 Å². The van der Waals surface area contributed by atoms with Crippen LogP contribution < -0.4 is 5.46 Å². The molecule has 19 rings (SSSR count). The van der Waals surface area contributed by atoms with E-state index in [0.717, 1.165) is 59.9 Å². The van der Waals surface area contributed by atoms with Gasteiger partial charge in [0.25, 0.3) is 0 Å². The highest BCUT2D eigenvalue weighted by atomic mass is 79.9. The fourth-order valence-corrected chi connectivity index (χ4v) is 14.1. The first-order valence-corrected chi connectivity index (χ1v) is 33.0. The first-order valence-electron chi connectivity index (χ1n) is 39.3. The Morgan fingerprint density at radius 2 is 0.643 bits per heavy atom. The Hall–Kier alpha value is -11.3. The summed E-state index contributed by atoms with van der Waals surface area (Å²) in [6, 6.07) is 76.7. The molecule has 1 aliphatic rings. The summed E-state index contributed by atoms with van der Waals surface area (Å²) >= 11 is 3.06. The van der Waals surface area contributed by atoms with Gasteiger partial charge in [0.1, 0.15) is 4.60 Å². The van der Waals surface area contributed by atoms with E-state index in [9.17, 15) is 0 Å². The van der Waals surface area contributed by atoms with E-state index < -0.39 is 42.8 Å². The van der Waals surface area contributed by atoms with Gasteiger partial charge in [-0.25, -0.2) is 9.97 Å². The van der Waals surface area contributed by atoms with Gasteiger partial charge < -0.3 is 9.31 Å². The zero-order valence-electron chi connectivity index (χ0n) is 67.5. The van der Waals surface area contributed by atoms with Crippen LogP contribution in [0.1, 0.15) is 46.9 Å². The summed E-state index contributed by atoms with van der Waals surface area (Å²) in [6.45, 7) is 8.43. The van der Waals surface area contributed by atoms with Crippen LogP contribution in [0, 0.1) is 0 Å². The van der Waals surface area contributed by atoms with Crippen molar-refractivity contribution in [1.29, 1.82) is 0 Å². The molecule has 0 aliphatic carbocycles. The maximum absolute atomic E-state index is 9.10. The highest BCUT2D eigenvalue weighted by molar-refractivity contribution is 9.10. The van der Waals surface area contributed by atoms with E-state index in [1.807, 2.05) is 36.4 Å². The van der Waals surface area contributed by atoms with Crippen LogP contribution in [-0.2, 0) is 9.31 Å². The van der Waals surface area contributed by atoms with Crippen LogP contribution >= 0.6 is 15.9 Å². The van der Waals surface area contributed by atoms with Gasteiger partial charge in [-0.05, 0) is 182 Å². The highest BCUT2D eigenvalue weighted by Gasteiger charge is 2.52. The minimum atomic E-state index is -0.455. The number of aromatic nitrogens is 4. The van der Waals surface area contributed by atoms with Gasteiger partial charge in [0.2, 0.25) is 0 Å². The average Bonchev–Trinajstić information content (AvgIpc) is 0.811. The highest BCUT2D eigenvalue weighted by Crippen LogP contribution is 2.49. The standard InChI is InChI=1S/C42H26N2.C36H31BO2.C12H7BrN2/c1-2-11-27(12-3-1)39-33-16-6-8-18-35(33)40(36-19-9-7-17-34(36)39)37-24-23-32(30-14-4-5-15-31(30)37)38-25-22-29-21-20-28-13-10-26-43-41(28)42(29)44-38;1-35(2)36(3,4)39-37(38-35)32-23-22-31(25-16-8-9-17-26(25)32)34-29-20-12-10-18-27(29)33(24-14-6-5-7-15-24)28-19-11-13-21-30(28)34;13-10-6-5-9-4-3-8-2-1-7-14-11(8)12(9)15-10/h1-26H;5-23H,1-4H3;1-7H/i10D,13D,20D,21D,22D,25D,26D;;1D,2D,3D,4D,5D,6D,7D. The molecule has 0 bridgehead atoms. The van der Waals surface area contributed by atoms with Crippen molar-refractivity contribution >= 4 is 137 Å². The molecular weight excluding hydrogens is 1260 g/mol. The molecule has 0 saturated carbocycles. The summed E-state index contributed by atoms with van der Waals surface area (Å²) in [5, 5.41) is 13.4. The lowest BCUT2D eigenvalue weighted by atomic mass is 9.74. The van der Waals surface area contributed by atoms with E-state index >= 15 is 0 Å². The number of benzene rings is 14. The maximum Gasteiger partial charge on any atom is 0.495 e. The first kappa shape index (κ1) is 46.8. The molecule has 1 aliphatic heterocycles. The van der Waals surface area contributed by atoms with Gasteiger partial charge in [-0.1, -0.05) is 279 Å². The van der Waals surface area contributed by atoms with Gasteiger partial charge in [-0.15, -0.1) is 0 Å². The van der Waals surface area contributed by atoms with E-state index in [1.165, 1.54) is 54.7 Å². The quantitative estimate of drug-likeness (QED) is 0.0715. The van der Waals surface area contributed by atoms with Crippen LogP contribution in [0.4, 0.5) is 0 Å². The molecule has 5 heterocycles. The van der Waals surface area contributed by atoms with Crippen molar-refractivity contribution in [3.8, 4) is 55.8 Å². The number of halogens is 1. The molecular formula is C90H64BBrN4O2. The average molecular weight is 1340 g/mol. The monoisotopic (exact) mass is 1340 g/mol. The topological polar surface area (TPSA) is 70.0 Å². The Labute approximate surface area is 596 Å². The number of fused-ring (bicyclic) bond motifs is 12. The molecule has 0 radical (unpaired) electrons. The fraction of sp³-hybridized carbons (Fsp3) is 0.0667. The molecule has 0 unspecified atom stereocenters. The molecule has 0 N–H and O–H groups in total. The largest absolute Gasteiger partial charge is 0.495 e. The van der Waals surface area contributed by atoms with Gasteiger partial charge in [0.15, 0.2) is 0 Å². The summed E-state index contributed by atoms with van der Waals surface area (Å²) in [6.07, 6.45) is -0.890. The summed E-state index contributed by atoms with van der Waals surface area (Å²) in [5.74, 6) is 0. The van der Waals surface area contributed by atoms with Crippen LogP contribution in [0.5, 0.6) is 0 Å². The number of hydrogen-bond donors (Lipinski definition) is 0. The predicted molar refractivity (Wildman–Crippen MR) is 416 cm³/mol. The third-order valence-corrected chi connectivity index (χ3v) is 19.4. The molecule has 98 heavy (non-hydrogen) atoms. The second kappa shape index (κ2) is 24.7. The van der Waals surface area contributed by atoms with Crippen molar-refractivity contribution in [3.63, 3.8) is 0 Å². The van der Waals surface area contributed by atoms with Crippen molar-refractivity contribution in [2.75, 3.05) is 0 Å². The normalized spacial score (nSPS) is 15.4. The third-order valence-electron chi connectivity index (χ3n) is 19.0. The molecule has 1 fully saturated rings. The van der Waals surface area contributed by atoms with Gasteiger partial charge in [-0.2, -0.15) is 0 Å². The van der Waals surface area contributed by atoms with E-state index in [2.05, 4.69) is 253 Å². The van der Waals surface area contributed by atoms with Gasteiger partial charge in [0.05, 0.1) is 58.2 Å². The minimum Gasteiger partial charge on any atom is -0.399 e. The van der Waals surface area contributed by atoms with Crippen LogP contribution in [0.3, 0.4) is 0 Å². The molecule has 8 heteroatoms. The van der Waals surface area contributed by atoms with Gasteiger partial charge in [-0.3, -0.25) is 9.97 Å². The Balaban J connectivity index is 0.000000132. The number of pyridine rings is 4. The van der Waals surface area contributed by atoms with Crippen LogP contribution in [0.2, 0.25) is 0 Å². The molecule has 0 amide bonds. The Kier molecular flexibility index (Phi) is 11.8. The van der Waals surface area contributed by atoms with Crippen LogP contribution in [-0.4, -0.2) is 38.3 Å². The third kappa shape index (κ3) is 10.5. The molecule has 4 aromatic heterocycles. The molecule has 1 saturated heterocycles. The van der Waals surface area contributed by atoms with Crippen molar-refractivity contribution in [2.24, 2.45) is 0 Å². The maximum atomic E-state index is 9.10. The second-order valence-electron chi connectivity index (χ2n) is 25.2. The lowest BCUT2D eigenvalue weighted by Crippen LogP contribution is -2.41. The van der Waals surface area contributed by atoms with E-state index in [-0.39, 0.29) is 114 Å². The molecule has 0 spiro atoms. The Bertz CT molecular complexity index is 6850. The SMILES string of the molecule is CC1(C)OB(c2ccc(-c3c4ccccc4c(-c4ccccc4)c4ccccc34)c3ccccc23)OC1(C)C.[2H]c1nc2c(c([2H])c1[2H])c([2H])c([2H])c1c([2H])c([2H])c(-c3ccc(-c4c5ccccc5c(-c5ccccc5)c5ccccc45)c4ccccc34)nc12.[2H]c1nc2c(c([2H])c1[2H])c([2H])c([2H])c1c([2H])c([2H])c(Br)nc12. The van der Waals surface area contributed by atoms with E-state index in [0.29, 0.717) is 5.56 Å². The van der Waals surface area contributed by atoms with Crippen molar-refractivity contribution in [3.05, 3.63) is 320 Å². The molecule has 466 valence electrons. The Morgan fingerprint density at radius 3 is 1.09 bits per heavy atom. The molecule has 0 atom stereocenters. The van der Waals surface area contributed by atoms with Crippen molar-refractivity contribution in [1.82, 2.24) is 19.9 Å². The van der Waals surface area contributed by atoms with Gasteiger partial charge in [0, 0.05) is 39.5 Å². The number of nitrogens with zero attached hydrogens (tertiary/aromatic N) is 4. The summed E-state index contributed by atoms with van der Waals surface area (Å²) in [7, 11) is -0.414. The summed E-state index contributed by atoms with van der Waals surface area (Å²) < 4.78 is 128. The summed E-state index contributed by atoms with van der Waals surface area (Å²) in [5.41, 5.74) is 10.6. The smallest absolute Gasteiger partial charge is 0.399 e. The second-order valence-corrected chi connectivity index (χ2v) is 25.9.